The summed E-state index contributed by atoms with van der Waals surface area (Å²) in [6.07, 6.45) is 0.587. The lowest BCUT2D eigenvalue weighted by Crippen LogP contribution is -2.40. The first-order valence-corrected chi connectivity index (χ1v) is 6.65. The van der Waals surface area contributed by atoms with Crippen LogP contribution < -0.4 is 4.74 Å². The molecule has 4 nitrogen and oxygen atoms in total. The van der Waals surface area contributed by atoms with E-state index in [4.69, 9.17) is 9.84 Å². The van der Waals surface area contributed by atoms with Gasteiger partial charge in [-0.05, 0) is 37.7 Å². The molecule has 1 unspecified atom stereocenters. The highest BCUT2D eigenvalue weighted by molar-refractivity contribution is 9.10. The highest BCUT2D eigenvalue weighted by atomic mass is 79.9. The van der Waals surface area contributed by atoms with E-state index < -0.39 is 12.0 Å². The van der Waals surface area contributed by atoms with Gasteiger partial charge in [0.25, 0.3) is 0 Å². The third-order valence-electron chi connectivity index (χ3n) is 2.73. The third kappa shape index (κ3) is 4.66. The van der Waals surface area contributed by atoms with Crippen LogP contribution in [-0.2, 0) is 4.79 Å². The molecule has 100 valence electrons. The van der Waals surface area contributed by atoms with E-state index >= 15 is 0 Å². The van der Waals surface area contributed by atoms with Crippen LogP contribution in [0.25, 0.3) is 0 Å². The summed E-state index contributed by atoms with van der Waals surface area (Å²) in [6.45, 7) is 2.92. The topological polar surface area (TPSA) is 49.8 Å². The number of halogens is 1. The van der Waals surface area contributed by atoms with Crippen LogP contribution >= 0.6 is 15.9 Å². The second-order valence-electron chi connectivity index (χ2n) is 4.05. The first-order valence-electron chi connectivity index (χ1n) is 5.86. The molecule has 0 heterocycles. The lowest BCUT2D eigenvalue weighted by atomic mass is 10.2. The zero-order valence-corrected chi connectivity index (χ0v) is 12.2. The standard InChI is InChI=1S/C13H18BrNO3/c1-3-12(13(16)17)15(2)8-9-18-11-6-4-10(14)5-7-11/h4-7,12H,3,8-9H2,1-2H3,(H,16,17). The number of carboxylic acid groups (broad SMARTS) is 1. The first-order chi connectivity index (χ1) is 8.54. The molecule has 0 aromatic heterocycles. The molecular formula is C13H18BrNO3. The van der Waals surface area contributed by atoms with Crippen molar-refractivity contribution < 1.29 is 14.6 Å². The SMILES string of the molecule is CCC(C(=O)O)N(C)CCOc1ccc(Br)cc1. The second kappa shape index (κ2) is 7.38. The van der Waals surface area contributed by atoms with Crippen LogP contribution in [0.2, 0.25) is 0 Å². The number of nitrogens with zero attached hydrogens (tertiary/aromatic N) is 1. The van der Waals surface area contributed by atoms with Gasteiger partial charge in [0, 0.05) is 11.0 Å². The number of hydrogen-bond acceptors (Lipinski definition) is 3. The van der Waals surface area contributed by atoms with Gasteiger partial charge in [-0.3, -0.25) is 9.69 Å². The average Bonchev–Trinajstić information content (AvgIpc) is 2.32. The van der Waals surface area contributed by atoms with Crippen molar-refractivity contribution in [3.63, 3.8) is 0 Å². The van der Waals surface area contributed by atoms with Crippen LogP contribution in [-0.4, -0.2) is 42.2 Å². The Bertz CT molecular complexity index is 380. The van der Waals surface area contributed by atoms with E-state index in [0.29, 0.717) is 19.6 Å². The molecule has 1 rings (SSSR count). The summed E-state index contributed by atoms with van der Waals surface area (Å²) in [7, 11) is 1.80. The lowest BCUT2D eigenvalue weighted by Gasteiger charge is -2.23. The molecule has 18 heavy (non-hydrogen) atoms. The predicted molar refractivity (Wildman–Crippen MR) is 74.0 cm³/mol. The minimum absolute atomic E-state index is 0.446. The molecule has 1 N–H and O–H groups in total. The minimum Gasteiger partial charge on any atom is -0.492 e. The van der Waals surface area contributed by atoms with Gasteiger partial charge < -0.3 is 9.84 Å². The number of ether oxygens (including phenoxy) is 1. The maximum Gasteiger partial charge on any atom is 0.320 e. The Morgan fingerprint density at radius 3 is 2.56 bits per heavy atom. The third-order valence-corrected chi connectivity index (χ3v) is 3.26. The fourth-order valence-electron chi connectivity index (χ4n) is 1.67. The first kappa shape index (κ1) is 15.0. The molecule has 0 fully saturated rings. The highest BCUT2D eigenvalue weighted by Gasteiger charge is 2.19. The normalized spacial score (nSPS) is 12.4. The molecule has 1 aromatic carbocycles. The molecule has 0 aliphatic heterocycles. The van der Waals surface area contributed by atoms with Gasteiger partial charge in [-0.25, -0.2) is 0 Å². The summed E-state index contributed by atoms with van der Waals surface area (Å²) in [5, 5.41) is 9.00. The molecule has 0 saturated heterocycles. The summed E-state index contributed by atoms with van der Waals surface area (Å²) in [5.74, 6) is -0.00128. The lowest BCUT2D eigenvalue weighted by molar-refractivity contribution is -0.143. The van der Waals surface area contributed by atoms with E-state index in [1.807, 2.05) is 31.2 Å². The van der Waals surface area contributed by atoms with Crippen molar-refractivity contribution in [3.8, 4) is 5.75 Å². The number of carboxylic acids is 1. The van der Waals surface area contributed by atoms with Crippen LogP contribution in [0.3, 0.4) is 0 Å². The molecule has 0 amide bonds. The van der Waals surface area contributed by atoms with Gasteiger partial charge in [0.05, 0.1) is 0 Å². The summed E-state index contributed by atoms with van der Waals surface area (Å²) in [4.78, 5) is 12.7. The summed E-state index contributed by atoms with van der Waals surface area (Å²) < 4.78 is 6.55. The molecule has 0 radical (unpaired) electrons. The predicted octanol–water partition coefficient (Wildman–Crippen LogP) is 2.62. The van der Waals surface area contributed by atoms with Gasteiger partial charge in [-0.1, -0.05) is 22.9 Å². The Balaban J connectivity index is 2.37. The summed E-state index contributed by atoms with van der Waals surface area (Å²) >= 11 is 3.35. The minimum atomic E-state index is -0.788. The van der Waals surface area contributed by atoms with Crippen LogP contribution in [0.4, 0.5) is 0 Å². The van der Waals surface area contributed by atoms with Crippen molar-refractivity contribution in [2.45, 2.75) is 19.4 Å². The number of benzene rings is 1. The van der Waals surface area contributed by atoms with Crippen molar-refractivity contribution >= 4 is 21.9 Å². The number of likely N-dealkylation sites (N-methyl/N-ethyl adjacent to an activating group) is 1. The maximum absolute atomic E-state index is 11.0. The van der Waals surface area contributed by atoms with Gasteiger partial charge >= 0.3 is 5.97 Å². The Morgan fingerprint density at radius 1 is 1.44 bits per heavy atom. The van der Waals surface area contributed by atoms with E-state index in [1.165, 1.54) is 0 Å². The maximum atomic E-state index is 11.0. The zero-order chi connectivity index (χ0) is 13.5. The molecule has 0 aliphatic rings. The van der Waals surface area contributed by atoms with Crippen molar-refractivity contribution in [2.75, 3.05) is 20.2 Å². The van der Waals surface area contributed by atoms with Crippen molar-refractivity contribution in [2.24, 2.45) is 0 Å². The van der Waals surface area contributed by atoms with E-state index in [2.05, 4.69) is 15.9 Å². The Hall–Kier alpha value is -1.07. The fraction of sp³-hybridized carbons (Fsp3) is 0.462. The molecule has 1 atom stereocenters. The van der Waals surface area contributed by atoms with Crippen molar-refractivity contribution in [3.05, 3.63) is 28.7 Å². The molecule has 0 spiro atoms. The van der Waals surface area contributed by atoms with E-state index in [0.717, 1.165) is 10.2 Å². The van der Waals surface area contributed by atoms with E-state index in [1.54, 1.807) is 11.9 Å². The largest absolute Gasteiger partial charge is 0.492 e. The number of hydrogen-bond donors (Lipinski definition) is 1. The number of rotatable bonds is 7. The van der Waals surface area contributed by atoms with Gasteiger partial charge in [-0.2, -0.15) is 0 Å². The average molecular weight is 316 g/mol. The molecular weight excluding hydrogens is 298 g/mol. The van der Waals surface area contributed by atoms with Gasteiger partial charge in [0.15, 0.2) is 0 Å². The molecule has 5 heteroatoms. The fourth-order valence-corrected chi connectivity index (χ4v) is 1.93. The van der Waals surface area contributed by atoms with Crippen LogP contribution in [0, 0.1) is 0 Å². The van der Waals surface area contributed by atoms with Crippen LogP contribution in [0.5, 0.6) is 5.75 Å². The Labute approximate surface area is 116 Å². The smallest absolute Gasteiger partial charge is 0.320 e. The van der Waals surface area contributed by atoms with Crippen LogP contribution in [0.1, 0.15) is 13.3 Å². The van der Waals surface area contributed by atoms with Gasteiger partial charge in [-0.15, -0.1) is 0 Å². The van der Waals surface area contributed by atoms with E-state index in [9.17, 15) is 4.79 Å². The molecule has 1 aromatic rings. The van der Waals surface area contributed by atoms with Crippen molar-refractivity contribution in [1.29, 1.82) is 0 Å². The summed E-state index contributed by atoms with van der Waals surface area (Å²) in [5.41, 5.74) is 0. The molecule has 0 saturated carbocycles. The Kier molecular flexibility index (Phi) is 6.15. The number of aliphatic carboxylic acids is 1. The quantitative estimate of drug-likeness (QED) is 0.840. The van der Waals surface area contributed by atoms with E-state index in [-0.39, 0.29) is 0 Å². The summed E-state index contributed by atoms with van der Waals surface area (Å²) in [6, 6.07) is 7.12. The van der Waals surface area contributed by atoms with Gasteiger partial charge in [0.2, 0.25) is 0 Å². The van der Waals surface area contributed by atoms with Gasteiger partial charge in [0.1, 0.15) is 18.4 Å². The monoisotopic (exact) mass is 315 g/mol. The highest BCUT2D eigenvalue weighted by Crippen LogP contribution is 2.16. The van der Waals surface area contributed by atoms with Crippen molar-refractivity contribution in [1.82, 2.24) is 4.90 Å². The second-order valence-corrected chi connectivity index (χ2v) is 4.96. The van der Waals surface area contributed by atoms with Crippen LogP contribution in [0.15, 0.2) is 28.7 Å². The zero-order valence-electron chi connectivity index (χ0n) is 10.6. The molecule has 0 aliphatic carbocycles. The number of carbonyl (C=O) groups is 1. The Morgan fingerprint density at radius 2 is 2.06 bits per heavy atom. The molecule has 0 bridgehead atoms.